The van der Waals surface area contributed by atoms with E-state index < -0.39 is 0 Å². The average molecular weight is 344 g/mol. The molecule has 0 aromatic heterocycles. The third-order valence-corrected chi connectivity index (χ3v) is 7.33. The van der Waals surface area contributed by atoms with Crippen molar-refractivity contribution < 1.29 is 9.59 Å². The van der Waals surface area contributed by atoms with E-state index in [0.717, 1.165) is 64.2 Å². The number of hydrogen-bond donors (Lipinski definition) is 0. The number of nitrogens with zero attached hydrogens (tertiary/aromatic N) is 2. The number of likely N-dealkylation sites (tertiary alicyclic amines) is 2. The van der Waals surface area contributed by atoms with E-state index in [1.165, 1.54) is 19.3 Å². The van der Waals surface area contributed by atoms with E-state index in [0.29, 0.717) is 18.2 Å². The van der Waals surface area contributed by atoms with Crippen molar-refractivity contribution in [1.29, 1.82) is 0 Å². The van der Waals surface area contributed by atoms with Gasteiger partial charge in [0.15, 0.2) is 0 Å². The molecular weight excluding hydrogens is 312 g/mol. The fourth-order valence-electron chi connectivity index (χ4n) is 5.20. The normalized spacial score (nSPS) is 32.3. The van der Waals surface area contributed by atoms with Crippen LogP contribution in [0.3, 0.4) is 0 Å². The van der Waals surface area contributed by atoms with Crippen molar-refractivity contribution in [2.24, 2.45) is 16.7 Å². The molecule has 4 nitrogen and oxygen atoms in total. The molecule has 2 heterocycles. The van der Waals surface area contributed by atoms with Crippen LogP contribution in [0.15, 0.2) is 12.2 Å². The third-order valence-electron chi connectivity index (χ3n) is 7.33. The average Bonchev–Trinajstić information content (AvgIpc) is 2.87. The largest absolute Gasteiger partial charge is 0.342 e. The first kappa shape index (κ1) is 17.1. The minimum absolute atomic E-state index is 0.144. The second-order valence-electron chi connectivity index (χ2n) is 9.32. The fourth-order valence-corrected chi connectivity index (χ4v) is 5.20. The Morgan fingerprint density at radius 2 is 1.96 bits per heavy atom. The summed E-state index contributed by atoms with van der Waals surface area (Å²) in [5.74, 6) is 1.44. The van der Waals surface area contributed by atoms with Gasteiger partial charge in [0.2, 0.25) is 11.8 Å². The van der Waals surface area contributed by atoms with Gasteiger partial charge in [0, 0.05) is 38.0 Å². The fraction of sp³-hybridized carbons (Fsp3) is 0.810. The van der Waals surface area contributed by atoms with Gasteiger partial charge in [-0.25, -0.2) is 0 Å². The summed E-state index contributed by atoms with van der Waals surface area (Å²) in [6.07, 6.45) is 13.9. The minimum Gasteiger partial charge on any atom is -0.342 e. The second kappa shape index (κ2) is 6.44. The lowest BCUT2D eigenvalue weighted by atomic mass is 9.74. The summed E-state index contributed by atoms with van der Waals surface area (Å²) in [7, 11) is 0. The molecule has 1 spiro atoms. The first-order valence-corrected chi connectivity index (χ1v) is 10.2. The quantitative estimate of drug-likeness (QED) is 0.737. The number of rotatable bonds is 3. The molecule has 25 heavy (non-hydrogen) atoms. The molecular formula is C21H32N2O2. The van der Waals surface area contributed by atoms with Crippen LogP contribution in [0.2, 0.25) is 0 Å². The Morgan fingerprint density at radius 1 is 1.20 bits per heavy atom. The second-order valence-corrected chi connectivity index (χ2v) is 9.32. The molecule has 0 radical (unpaired) electrons. The maximum Gasteiger partial charge on any atom is 0.228 e. The molecule has 4 aliphatic rings. The van der Waals surface area contributed by atoms with Crippen molar-refractivity contribution in [3.05, 3.63) is 12.2 Å². The zero-order valence-electron chi connectivity index (χ0n) is 15.6. The van der Waals surface area contributed by atoms with Gasteiger partial charge in [-0.2, -0.15) is 0 Å². The van der Waals surface area contributed by atoms with Crippen LogP contribution in [0.25, 0.3) is 0 Å². The number of piperidine rings is 1. The van der Waals surface area contributed by atoms with Crippen LogP contribution < -0.4 is 0 Å². The Kier molecular flexibility index (Phi) is 4.41. The van der Waals surface area contributed by atoms with E-state index in [1.54, 1.807) is 0 Å². The Hall–Kier alpha value is -1.32. The molecule has 3 fully saturated rings. The lowest BCUT2D eigenvalue weighted by molar-refractivity contribution is -0.144. The zero-order chi connectivity index (χ0) is 17.5. The molecule has 1 saturated carbocycles. The molecule has 0 N–H and O–H groups in total. The number of amides is 2. The lowest BCUT2D eigenvalue weighted by Crippen LogP contribution is -2.49. The number of hydrogen-bond acceptors (Lipinski definition) is 2. The van der Waals surface area contributed by atoms with Crippen LogP contribution in [0.5, 0.6) is 0 Å². The Labute approximate surface area is 151 Å². The van der Waals surface area contributed by atoms with E-state index >= 15 is 0 Å². The van der Waals surface area contributed by atoms with Gasteiger partial charge in [-0.3, -0.25) is 9.59 Å². The van der Waals surface area contributed by atoms with E-state index in [2.05, 4.69) is 28.9 Å². The standard InChI is InChI=1S/C21H32N2O2/c1-20(8-3-2-4-9-20)19(25)22-12-10-21(11-13-22)14-18(24)23(16-21)15-17-6-5-7-17/h2-3,17H,4-16H2,1H3. The lowest BCUT2D eigenvalue weighted by Gasteiger charge is -2.43. The molecule has 2 saturated heterocycles. The van der Waals surface area contributed by atoms with Gasteiger partial charge in [-0.1, -0.05) is 25.5 Å². The first-order chi connectivity index (χ1) is 12.0. The number of carbonyl (C=O) groups is 2. The SMILES string of the molecule is CC1(C(=O)N2CCC3(CC2)CC(=O)N(CC2CCC2)C3)CC=CCC1. The minimum atomic E-state index is -0.207. The summed E-state index contributed by atoms with van der Waals surface area (Å²) in [6, 6.07) is 0. The predicted molar refractivity (Wildman–Crippen MR) is 97.9 cm³/mol. The maximum absolute atomic E-state index is 13.0. The van der Waals surface area contributed by atoms with Crippen molar-refractivity contribution in [2.75, 3.05) is 26.2 Å². The molecule has 138 valence electrons. The summed E-state index contributed by atoms with van der Waals surface area (Å²) in [5, 5.41) is 0. The van der Waals surface area contributed by atoms with Crippen LogP contribution in [0, 0.1) is 16.7 Å². The number of carbonyl (C=O) groups excluding carboxylic acids is 2. The van der Waals surface area contributed by atoms with E-state index in [1.807, 2.05) is 0 Å². The summed E-state index contributed by atoms with van der Waals surface area (Å²) < 4.78 is 0. The highest BCUT2D eigenvalue weighted by atomic mass is 16.2. The summed E-state index contributed by atoms with van der Waals surface area (Å²) in [5.41, 5.74) is -0.0635. The van der Waals surface area contributed by atoms with Gasteiger partial charge in [-0.15, -0.1) is 0 Å². The van der Waals surface area contributed by atoms with Crippen LogP contribution >= 0.6 is 0 Å². The highest BCUT2D eigenvalue weighted by molar-refractivity contribution is 5.83. The van der Waals surface area contributed by atoms with Gasteiger partial charge in [0.25, 0.3) is 0 Å². The van der Waals surface area contributed by atoms with Gasteiger partial charge >= 0.3 is 0 Å². The van der Waals surface area contributed by atoms with Crippen LogP contribution in [0.1, 0.15) is 64.7 Å². The number of allylic oxidation sites excluding steroid dienone is 2. The molecule has 4 rings (SSSR count). The molecule has 2 aliphatic heterocycles. The monoisotopic (exact) mass is 344 g/mol. The molecule has 1 atom stereocenters. The van der Waals surface area contributed by atoms with Gasteiger partial charge in [0.1, 0.15) is 0 Å². The van der Waals surface area contributed by atoms with E-state index in [-0.39, 0.29) is 10.8 Å². The van der Waals surface area contributed by atoms with Crippen molar-refractivity contribution in [2.45, 2.75) is 64.7 Å². The van der Waals surface area contributed by atoms with Crippen LogP contribution in [-0.2, 0) is 9.59 Å². The van der Waals surface area contributed by atoms with Gasteiger partial charge in [0.05, 0.1) is 5.41 Å². The Balaban J connectivity index is 1.34. The van der Waals surface area contributed by atoms with Gasteiger partial charge < -0.3 is 9.80 Å². The van der Waals surface area contributed by atoms with E-state index in [4.69, 9.17) is 0 Å². The summed E-state index contributed by atoms with van der Waals surface area (Å²) >= 11 is 0. The van der Waals surface area contributed by atoms with Crippen molar-refractivity contribution in [3.63, 3.8) is 0 Å². The van der Waals surface area contributed by atoms with Crippen molar-refractivity contribution >= 4 is 11.8 Å². The Morgan fingerprint density at radius 3 is 2.56 bits per heavy atom. The highest BCUT2D eigenvalue weighted by Gasteiger charge is 2.47. The molecule has 0 bridgehead atoms. The summed E-state index contributed by atoms with van der Waals surface area (Å²) in [6.45, 7) is 5.71. The molecule has 2 aliphatic carbocycles. The smallest absolute Gasteiger partial charge is 0.228 e. The predicted octanol–water partition coefficient (Wildman–Crippen LogP) is 3.37. The molecule has 4 heteroatoms. The molecule has 2 amide bonds. The molecule has 1 unspecified atom stereocenters. The molecule has 0 aromatic rings. The van der Waals surface area contributed by atoms with E-state index in [9.17, 15) is 9.59 Å². The van der Waals surface area contributed by atoms with Crippen LogP contribution in [-0.4, -0.2) is 47.8 Å². The highest BCUT2D eigenvalue weighted by Crippen LogP contribution is 2.43. The first-order valence-electron chi connectivity index (χ1n) is 10.2. The zero-order valence-corrected chi connectivity index (χ0v) is 15.6. The van der Waals surface area contributed by atoms with Crippen molar-refractivity contribution in [1.82, 2.24) is 9.80 Å². The summed E-state index contributed by atoms with van der Waals surface area (Å²) in [4.78, 5) is 29.7. The third kappa shape index (κ3) is 3.24. The van der Waals surface area contributed by atoms with Gasteiger partial charge in [-0.05, 0) is 50.9 Å². The topological polar surface area (TPSA) is 40.6 Å². The molecule has 0 aromatic carbocycles. The maximum atomic E-state index is 13.0. The Bertz CT molecular complexity index is 572. The van der Waals surface area contributed by atoms with Crippen LogP contribution in [0.4, 0.5) is 0 Å². The van der Waals surface area contributed by atoms with Crippen molar-refractivity contribution in [3.8, 4) is 0 Å².